The maximum absolute atomic E-state index is 12.2. The van der Waals surface area contributed by atoms with Gasteiger partial charge in [0.1, 0.15) is 0 Å². The van der Waals surface area contributed by atoms with Crippen LogP contribution in [0.1, 0.15) is 33.6 Å². The summed E-state index contributed by atoms with van der Waals surface area (Å²) in [5.74, 6) is 0. The molecule has 0 aromatic rings. The third-order valence-electron chi connectivity index (χ3n) is 3.09. The van der Waals surface area contributed by atoms with Crippen LogP contribution in [-0.2, 0) is 15.5 Å². The lowest BCUT2D eigenvalue weighted by Gasteiger charge is -2.27. The van der Waals surface area contributed by atoms with Gasteiger partial charge in [-0.05, 0) is 33.2 Å². The highest BCUT2D eigenvalue weighted by Crippen LogP contribution is 2.18. The highest BCUT2D eigenvalue weighted by Gasteiger charge is 2.27. The third-order valence-corrected chi connectivity index (χ3v) is 5.36. The van der Waals surface area contributed by atoms with Crippen LogP contribution in [0.4, 0.5) is 0 Å². The second-order valence-electron chi connectivity index (χ2n) is 4.19. The minimum absolute atomic E-state index is 0.230. The molecule has 1 N–H and O–H groups in total. The Morgan fingerprint density at radius 3 is 2.53 bits per heavy atom. The summed E-state index contributed by atoms with van der Waals surface area (Å²) in [6, 6.07) is 0.332. The Hall–Kier alpha value is 0.0700. The molecular formula is C11H23NO2S. The van der Waals surface area contributed by atoms with Crippen molar-refractivity contribution in [2.24, 2.45) is 0 Å². The van der Waals surface area contributed by atoms with E-state index in [1.165, 1.54) is 0 Å². The molecule has 90 valence electrons. The predicted molar refractivity (Wildman–Crippen MR) is 64.6 cm³/mol. The van der Waals surface area contributed by atoms with E-state index in [0.29, 0.717) is 11.3 Å². The van der Waals surface area contributed by atoms with Gasteiger partial charge in [-0.1, -0.05) is 6.92 Å². The van der Waals surface area contributed by atoms with Crippen molar-refractivity contribution in [2.45, 2.75) is 50.2 Å². The first-order valence-electron chi connectivity index (χ1n) is 5.87. The summed E-state index contributed by atoms with van der Waals surface area (Å²) in [6.07, 6.45) is 1.91. The van der Waals surface area contributed by atoms with Gasteiger partial charge in [-0.2, -0.15) is 0 Å². The van der Waals surface area contributed by atoms with Crippen LogP contribution in [0.25, 0.3) is 0 Å². The van der Waals surface area contributed by atoms with Gasteiger partial charge in [-0.25, -0.2) is 0 Å². The average molecular weight is 233 g/mol. The molecule has 3 unspecified atom stereocenters. The fraction of sp³-hybridized carbons (Fsp3) is 1.00. The number of hydrogen-bond acceptors (Lipinski definition) is 3. The molecule has 0 radical (unpaired) electrons. The van der Waals surface area contributed by atoms with Crippen molar-refractivity contribution in [1.82, 2.24) is 5.32 Å². The molecule has 4 heteroatoms. The molecule has 3 atom stereocenters. The van der Waals surface area contributed by atoms with Crippen molar-refractivity contribution in [3.63, 3.8) is 0 Å². The van der Waals surface area contributed by atoms with E-state index in [9.17, 15) is 4.21 Å². The fourth-order valence-corrected chi connectivity index (χ4v) is 3.66. The third kappa shape index (κ3) is 3.85. The van der Waals surface area contributed by atoms with Crippen LogP contribution in [0.3, 0.4) is 0 Å². The number of nitrogens with one attached hydrogen (secondary N) is 1. The summed E-state index contributed by atoms with van der Waals surface area (Å²) in [5, 5.41) is 3.91. The van der Waals surface area contributed by atoms with E-state index in [1.807, 2.05) is 0 Å². The molecule has 1 aliphatic heterocycles. The Balaban J connectivity index is 2.43. The molecule has 1 aliphatic rings. The quantitative estimate of drug-likeness (QED) is 0.778. The maximum Gasteiger partial charge on any atom is 0.0477 e. The smallest absolute Gasteiger partial charge is 0.0477 e. The van der Waals surface area contributed by atoms with E-state index in [0.717, 1.165) is 32.6 Å². The lowest BCUT2D eigenvalue weighted by molar-refractivity contribution is 0.0990. The molecule has 0 spiro atoms. The van der Waals surface area contributed by atoms with Crippen LogP contribution in [0.2, 0.25) is 0 Å². The molecule has 0 aromatic heterocycles. The van der Waals surface area contributed by atoms with Crippen LogP contribution in [0, 0.1) is 0 Å². The van der Waals surface area contributed by atoms with Crippen LogP contribution in [0.5, 0.6) is 0 Å². The predicted octanol–water partition coefficient (Wildman–Crippen LogP) is 1.30. The Kier molecular flexibility index (Phi) is 5.79. The van der Waals surface area contributed by atoms with Gasteiger partial charge in [0.2, 0.25) is 0 Å². The Morgan fingerprint density at radius 1 is 1.40 bits per heavy atom. The zero-order valence-corrected chi connectivity index (χ0v) is 10.8. The van der Waals surface area contributed by atoms with Crippen molar-refractivity contribution in [3.8, 4) is 0 Å². The molecule has 3 nitrogen and oxygen atoms in total. The average Bonchev–Trinajstić information content (AvgIpc) is 2.28. The van der Waals surface area contributed by atoms with Crippen LogP contribution in [0.15, 0.2) is 0 Å². The SMILES string of the molecule is CCNC(C)C(C)S(=O)C1CCOCC1. The second-order valence-corrected chi connectivity index (χ2v) is 6.26. The summed E-state index contributed by atoms with van der Waals surface area (Å²) in [6.45, 7) is 8.78. The minimum atomic E-state index is -0.725. The molecule has 1 saturated heterocycles. The molecule has 0 amide bonds. The van der Waals surface area contributed by atoms with Gasteiger partial charge < -0.3 is 10.1 Å². The molecule has 1 fully saturated rings. The summed E-state index contributed by atoms with van der Waals surface area (Å²) in [5.41, 5.74) is 0. The number of rotatable bonds is 5. The maximum atomic E-state index is 12.2. The van der Waals surface area contributed by atoms with E-state index in [-0.39, 0.29) is 5.25 Å². The van der Waals surface area contributed by atoms with Gasteiger partial charge in [0, 0.05) is 40.6 Å². The van der Waals surface area contributed by atoms with Gasteiger partial charge in [-0.15, -0.1) is 0 Å². The van der Waals surface area contributed by atoms with E-state index in [2.05, 4.69) is 26.1 Å². The second kappa shape index (κ2) is 6.61. The van der Waals surface area contributed by atoms with Crippen molar-refractivity contribution in [3.05, 3.63) is 0 Å². The first-order valence-corrected chi connectivity index (χ1v) is 7.15. The molecule has 1 rings (SSSR count). The Bertz CT molecular complexity index is 205. The topological polar surface area (TPSA) is 38.3 Å². The van der Waals surface area contributed by atoms with Crippen molar-refractivity contribution >= 4 is 10.8 Å². The van der Waals surface area contributed by atoms with E-state index < -0.39 is 10.8 Å². The molecule has 0 aromatic carbocycles. The zero-order valence-electron chi connectivity index (χ0n) is 9.99. The van der Waals surface area contributed by atoms with Gasteiger partial charge in [0.15, 0.2) is 0 Å². The number of ether oxygens (including phenoxy) is 1. The highest BCUT2D eigenvalue weighted by molar-refractivity contribution is 7.86. The lowest BCUT2D eigenvalue weighted by Crippen LogP contribution is -2.42. The van der Waals surface area contributed by atoms with Gasteiger partial charge in [0.25, 0.3) is 0 Å². The van der Waals surface area contributed by atoms with E-state index in [1.54, 1.807) is 0 Å². The molecule has 0 bridgehead atoms. The first kappa shape index (κ1) is 13.1. The van der Waals surface area contributed by atoms with Crippen LogP contribution < -0.4 is 5.32 Å². The van der Waals surface area contributed by atoms with Gasteiger partial charge >= 0.3 is 0 Å². The van der Waals surface area contributed by atoms with Gasteiger partial charge in [0.05, 0.1) is 0 Å². The largest absolute Gasteiger partial charge is 0.381 e. The molecular weight excluding hydrogens is 210 g/mol. The summed E-state index contributed by atoms with van der Waals surface area (Å²) in [4.78, 5) is 0. The lowest BCUT2D eigenvalue weighted by atomic mass is 10.2. The van der Waals surface area contributed by atoms with E-state index in [4.69, 9.17) is 4.74 Å². The zero-order chi connectivity index (χ0) is 11.3. The normalized spacial score (nSPS) is 24.7. The van der Waals surface area contributed by atoms with Crippen LogP contribution >= 0.6 is 0 Å². The Morgan fingerprint density at radius 2 is 2.00 bits per heavy atom. The first-order chi connectivity index (χ1) is 7.16. The Labute approximate surface area is 95.4 Å². The van der Waals surface area contributed by atoms with E-state index >= 15 is 0 Å². The van der Waals surface area contributed by atoms with Crippen LogP contribution in [-0.4, -0.2) is 40.5 Å². The molecule has 0 aliphatic carbocycles. The van der Waals surface area contributed by atoms with Crippen molar-refractivity contribution in [2.75, 3.05) is 19.8 Å². The standard InChI is InChI=1S/C11H23NO2S/c1-4-12-9(2)10(3)15(13)11-5-7-14-8-6-11/h9-12H,4-8H2,1-3H3. The summed E-state index contributed by atoms with van der Waals surface area (Å²) in [7, 11) is -0.725. The molecule has 1 heterocycles. The monoisotopic (exact) mass is 233 g/mol. The number of hydrogen-bond donors (Lipinski definition) is 1. The minimum Gasteiger partial charge on any atom is -0.381 e. The van der Waals surface area contributed by atoms with Crippen molar-refractivity contribution in [1.29, 1.82) is 0 Å². The summed E-state index contributed by atoms with van der Waals surface area (Å²) < 4.78 is 17.5. The fourth-order valence-electron chi connectivity index (χ4n) is 1.90. The van der Waals surface area contributed by atoms with Gasteiger partial charge in [-0.3, -0.25) is 4.21 Å². The van der Waals surface area contributed by atoms with Crippen molar-refractivity contribution < 1.29 is 8.95 Å². The molecule has 0 saturated carbocycles. The molecule has 15 heavy (non-hydrogen) atoms. The summed E-state index contributed by atoms with van der Waals surface area (Å²) >= 11 is 0. The highest BCUT2D eigenvalue weighted by atomic mass is 32.2.